The number of nitrogens with one attached hydrogen (secondary N) is 1. The molecule has 2 fully saturated rings. The van der Waals surface area contributed by atoms with Gasteiger partial charge in [-0.1, -0.05) is 26.7 Å². The molecule has 3 N–H and O–H groups in total. The SMILES string of the molecule is CC(C)CC1(C(NN)C2CC2)CCCC1. The molecule has 0 bridgehead atoms. The Bertz CT molecular complexity index is 203. The predicted molar refractivity (Wildman–Crippen MR) is 64.2 cm³/mol. The highest BCUT2D eigenvalue weighted by atomic mass is 15.2. The van der Waals surface area contributed by atoms with Gasteiger partial charge in [-0.3, -0.25) is 11.3 Å². The molecule has 15 heavy (non-hydrogen) atoms. The van der Waals surface area contributed by atoms with Gasteiger partial charge in [0.1, 0.15) is 0 Å². The van der Waals surface area contributed by atoms with Gasteiger partial charge in [-0.05, 0) is 49.4 Å². The van der Waals surface area contributed by atoms with Crippen LogP contribution in [0.4, 0.5) is 0 Å². The van der Waals surface area contributed by atoms with Gasteiger partial charge in [0.2, 0.25) is 0 Å². The number of rotatable bonds is 5. The molecule has 2 nitrogen and oxygen atoms in total. The topological polar surface area (TPSA) is 38.0 Å². The summed E-state index contributed by atoms with van der Waals surface area (Å²) in [6.07, 6.45) is 9.78. The Kier molecular flexibility index (Phi) is 3.36. The highest BCUT2D eigenvalue weighted by molar-refractivity contribution is 5.01. The lowest BCUT2D eigenvalue weighted by Gasteiger charge is -2.39. The van der Waals surface area contributed by atoms with Crippen molar-refractivity contribution in [3.05, 3.63) is 0 Å². The van der Waals surface area contributed by atoms with Gasteiger partial charge in [-0.25, -0.2) is 0 Å². The van der Waals surface area contributed by atoms with Crippen molar-refractivity contribution in [1.29, 1.82) is 0 Å². The van der Waals surface area contributed by atoms with Crippen molar-refractivity contribution >= 4 is 0 Å². The molecule has 2 aliphatic rings. The van der Waals surface area contributed by atoms with E-state index in [1.807, 2.05) is 0 Å². The van der Waals surface area contributed by atoms with E-state index in [-0.39, 0.29) is 0 Å². The Morgan fingerprint density at radius 2 is 1.87 bits per heavy atom. The molecular weight excluding hydrogens is 184 g/mol. The first-order valence-electron chi connectivity index (χ1n) is 6.64. The van der Waals surface area contributed by atoms with Crippen LogP contribution in [0.25, 0.3) is 0 Å². The van der Waals surface area contributed by atoms with Gasteiger partial charge in [0.25, 0.3) is 0 Å². The minimum Gasteiger partial charge on any atom is -0.271 e. The van der Waals surface area contributed by atoms with Crippen molar-refractivity contribution in [2.75, 3.05) is 0 Å². The van der Waals surface area contributed by atoms with Gasteiger partial charge in [-0.2, -0.15) is 0 Å². The van der Waals surface area contributed by atoms with Crippen LogP contribution in [0, 0.1) is 17.3 Å². The van der Waals surface area contributed by atoms with Crippen molar-refractivity contribution in [3.8, 4) is 0 Å². The van der Waals surface area contributed by atoms with Crippen molar-refractivity contribution in [2.45, 2.75) is 64.8 Å². The minimum atomic E-state index is 0.532. The van der Waals surface area contributed by atoms with Crippen LogP contribution < -0.4 is 11.3 Å². The molecule has 0 spiro atoms. The summed E-state index contributed by atoms with van der Waals surface area (Å²) >= 11 is 0. The summed E-state index contributed by atoms with van der Waals surface area (Å²) in [7, 11) is 0. The van der Waals surface area contributed by atoms with E-state index < -0.39 is 0 Å². The normalized spacial score (nSPS) is 27.2. The number of hydrazine groups is 1. The van der Waals surface area contributed by atoms with Crippen LogP contribution in [0.15, 0.2) is 0 Å². The molecule has 0 aliphatic heterocycles. The Morgan fingerprint density at radius 1 is 1.27 bits per heavy atom. The first-order chi connectivity index (χ1) is 7.18. The largest absolute Gasteiger partial charge is 0.271 e. The number of hydrogen-bond acceptors (Lipinski definition) is 2. The molecule has 0 aromatic rings. The van der Waals surface area contributed by atoms with Gasteiger partial charge in [-0.15, -0.1) is 0 Å². The fourth-order valence-electron chi connectivity index (χ4n) is 3.78. The van der Waals surface area contributed by atoms with E-state index in [9.17, 15) is 0 Å². The lowest BCUT2D eigenvalue weighted by molar-refractivity contribution is 0.139. The summed E-state index contributed by atoms with van der Waals surface area (Å²) in [6.45, 7) is 4.70. The van der Waals surface area contributed by atoms with E-state index in [2.05, 4.69) is 19.3 Å². The van der Waals surface area contributed by atoms with Crippen LogP contribution in [0.3, 0.4) is 0 Å². The second-order valence-corrected chi connectivity index (χ2v) is 6.15. The zero-order valence-corrected chi connectivity index (χ0v) is 10.3. The molecule has 1 atom stereocenters. The van der Waals surface area contributed by atoms with Crippen molar-refractivity contribution in [1.82, 2.24) is 5.43 Å². The van der Waals surface area contributed by atoms with Crippen LogP contribution in [-0.4, -0.2) is 6.04 Å². The molecule has 0 aromatic carbocycles. The summed E-state index contributed by atoms with van der Waals surface area (Å²) in [5.41, 5.74) is 3.68. The van der Waals surface area contributed by atoms with Crippen LogP contribution in [-0.2, 0) is 0 Å². The van der Waals surface area contributed by atoms with E-state index in [0.29, 0.717) is 11.5 Å². The fraction of sp³-hybridized carbons (Fsp3) is 1.00. The maximum atomic E-state index is 5.80. The van der Waals surface area contributed by atoms with Gasteiger partial charge in [0.15, 0.2) is 0 Å². The first-order valence-corrected chi connectivity index (χ1v) is 6.64. The average Bonchev–Trinajstić information content (AvgIpc) is 2.88. The summed E-state index contributed by atoms with van der Waals surface area (Å²) in [4.78, 5) is 0. The Labute approximate surface area is 94.0 Å². The lowest BCUT2D eigenvalue weighted by atomic mass is 9.71. The van der Waals surface area contributed by atoms with Gasteiger partial charge < -0.3 is 0 Å². The molecule has 0 aromatic heterocycles. The van der Waals surface area contributed by atoms with Crippen LogP contribution in [0.2, 0.25) is 0 Å². The highest BCUT2D eigenvalue weighted by Gasteiger charge is 2.47. The molecule has 88 valence electrons. The predicted octanol–water partition coefficient (Wildman–Crippen LogP) is 2.83. The second-order valence-electron chi connectivity index (χ2n) is 6.15. The standard InChI is InChI=1S/C13H26N2/c1-10(2)9-13(7-3-4-8-13)12(15-14)11-5-6-11/h10-12,15H,3-9,14H2,1-2H3. The zero-order valence-electron chi connectivity index (χ0n) is 10.3. The Hall–Kier alpha value is -0.0800. The maximum absolute atomic E-state index is 5.80. The molecule has 2 aliphatic carbocycles. The molecule has 0 amide bonds. The van der Waals surface area contributed by atoms with E-state index >= 15 is 0 Å². The molecule has 2 heteroatoms. The molecule has 0 heterocycles. The molecular formula is C13H26N2. The third-order valence-corrected chi connectivity index (χ3v) is 4.35. The van der Waals surface area contributed by atoms with Gasteiger partial charge in [0.05, 0.1) is 0 Å². The van der Waals surface area contributed by atoms with Crippen molar-refractivity contribution < 1.29 is 0 Å². The minimum absolute atomic E-state index is 0.532. The van der Waals surface area contributed by atoms with Crippen molar-refractivity contribution in [3.63, 3.8) is 0 Å². The Balaban J connectivity index is 2.08. The quantitative estimate of drug-likeness (QED) is 0.541. The van der Waals surface area contributed by atoms with Crippen LogP contribution in [0.5, 0.6) is 0 Å². The molecule has 2 rings (SSSR count). The number of hydrogen-bond donors (Lipinski definition) is 2. The van der Waals surface area contributed by atoms with E-state index in [0.717, 1.165) is 11.8 Å². The van der Waals surface area contributed by atoms with E-state index in [1.54, 1.807) is 0 Å². The fourth-order valence-corrected chi connectivity index (χ4v) is 3.78. The van der Waals surface area contributed by atoms with E-state index in [4.69, 9.17) is 5.84 Å². The molecule has 2 saturated carbocycles. The molecule has 1 unspecified atom stereocenters. The summed E-state index contributed by atoms with van der Waals surface area (Å²) < 4.78 is 0. The summed E-state index contributed by atoms with van der Waals surface area (Å²) in [5.74, 6) is 7.49. The first kappa shape index (κ1) is 11.4. The molecule has 0 radical (unpaired) electrons. The monoisotopic (exact) mass is 210 g/mol. The lowest BCUT2D eigenvalue weighted by Crippen LogP contribution is -2.49. The summed E-state index contributed by atoms with van der Waals surface area (Å²) in [5, 5.41) is 0. The van der Waals surface area contributed by atoms with Crippen LogP contribution in [0.1, 0.15) is 58.8 Å². The van der Waals surface area contributed by atoms with E-state index in [1.165, 1.54) is 44.9 Å². The number of nitrogens with two attached hydrogens (primary N) is 1. The third-order valence-electron chi connectivity index (χ3n) is 4.35. The van der Waals surface area contributed by atoms with Gasteiger partial charge in [0, 0.05) is 6.04 Å². The van der Waals surface area contributed by atoms with Crippen molar-refractivity contribution in [2.24, 2.45) is 23.1 Å². The smallest absolute Gasteiger partial charge is 0.0295 e. The average molecular weight is 210 g/mol. The molecule has 0 saturated heterocycles. The third kappa shape index (κ3) is 2.36. The maximum Gasteiger partial charge on any atom is 0.0295 e. The zero-order chi connectivity index (χ0) is 10.9. The second kappa shape index (κ2) is 4.42. The van der Waals surface area contributed by atoms with Gasteiger partial charge >= 0.3 is 0 Å². The van der Waals surface area contributed by atoms with Crippen LogP contribution >= 0.6 is 0 Å². The Morgan fingerprint density at radius 3 is 2.27 bits per heavy atom. The highest BCUT2D eigenvalue weighted by Crippen LogP contribution is 2.51. The summed E-state index contributed by atoms with van der Waals surface area (Å²) in [6, 6.07) is 0.599.